The molecule has 0 fully saturated rings. The summed E-state index contributed by atoms with van der Waals surface area (Å²) in [4.78, 5) is 0. The molecule has 0 bridgehead atoms. The molecule has 0 aliphatic heterocycles. The summed E-state index contributed by atoms with van der Waals surface area (Å²) in [6.45, 7) is 0. The van der Waals surface area contributed by atoms with E-state index >= 15 is 0 Å². The molecule has 0 unspecified atom stereocenters. The van der Waals surface area contributed by atoms with Crippen LogP contribution in [0.1, 0.15) is 0 Å². The van der Waals surface area contributed by atoms with Crippen LogP contribution in [-0.4, -0.2) is 92.3 Å². The summed E-state index contributed by atoms with van der Waals surface area (Å²) in [6.07, 6.45) is -8.07. The smallest absolute Gasteiger partial charge is 0.460 e. The highest BCUT2D eigenvalue weighted by Crippen LogP contribution is 2.66. The van der Waals surface area contributed by atoms with Crippen LogP contribution in [0.3, 0.4) is 0 Å². The van der Waals surface area contributed by atoms with Crippen LogP contribution in [0.4, 0.5) is 92.2 Å². The molecule has 0 rings (SSSR count). The van der Waals surface area contributed by atoms with Crippen molar-refractivity contribution in [2.24, 2.45) is 0 Å². The molecule has 0 atom stereocenters. The first kappa shape index (κ1) is 39.5. The summed E-state index contributed by atoms with van der Waals surface area (Å²) >= 11 is 0. The van der Waals surface area contributed by atoms with Crippen LogP contribution in [0, 0.1) is 0 Å². The van der Waals surface area contributed by atoms with E-state index in [1.54, 1.807) is 0 Å². The molecule has 0 amide bonds. The molecule has 26 heteroatoms. The maximum atomic E-state index is 13.4. The van der Waals surface area contributed by atoms with E-state index in [2.05, 4.69) is 0 Å². The van der Waals surface area contributed by atoms with Gasteiger partial charge in [0.05, 0.1) is 14.1 Å². The van der Waals surface area contributed by atoms with Crippen molar-refractivity contribution < 1.29 is 110 Å². The van der Waals surface area contributed by atoms with Crippen molar-refractivity contribution in [3.63, 3.8) is 0 Å². The molecule has 0 aliphatic carbocycles. The van der Waals surface area contributed by atoms with Crippen molar-refractivity contribution in [1.82, 2.24) is 0 Å². The fraction of sp³-hybridized carbons (Fsp3) is 1.00. The topological polar surface area (TPSA) is 73.8 Å². The van der Waals surface area contributed by atoms with E-state index in [-0.39, 0.29) is 0 Å². The van der Waals surface area contributed by atoms with Gasteiger partial charge in [-0.3, -0.25) is 0 Å². The van der Waals surface area contributed by atoms with Crippen molar-refractivity contribution in [3.8, 4) is 0 Å². The van der Waals surface area contributed by atoms with E-state index in [1.807, 2.05) is 19.4 Å². The molecular weight excluding hydrogens is 649 g/mol. The Hall–Kier alpha value is -1.60. The third-order valence-corrected chi connectivity index (χ3v) is 4.65. The van der Waals surface area contributed by atoms with E-state index in [0.717, 1.165) is 0 Å². The van der Waals surface area contributed by atoms with Gasteiger partial charge in [0, 0.05) is 0 Å². The lowest BCUT2D eigenvalue weighted by Crippen LogP contribution is -2.77. The molecule has 39 heavy (non-hydrogen) atoms. The molecule has 0 radical (unpaired) electrons. The predicted molar refractivity (Wildman–Crippen MR) is 78.9 cm³/mol. The standard InChI is InChI=1S/C11H3F21O3S.C2H7N/c12-2(13,1-36(33,34)35)3(14,15)4(16,17)5(18,19)6(20,21)7(22,23)8(24,25)9(26,27)10(28,29)11(30,31)32;1-3-2/h1H2,(H,33,34,35);3H,1-2H3. The van der Waals surface area contributed by atoms with Crippen molar-refractivity contribution in [2.45, 2.75) is 59.5 Å². The van der Waals surface area contributed by atoms with E-state index < -0.39 is 75.4 Å². The molecule has 0 aromatic carbocycles. The van der Waals surface area contributed by atoms with Crippen LogP contribution >= 0.6 is 0 Å². The second kappa shape index (κ2) is 10.3. The molecule has 2 N–H and O–H groups in total. The maximum absolute atomic E-state index is 13.4. The van der Waals surface area contributed by atoms with Crippen LogP contribution in [0.5, 0.6) is 0 Å². The second-order valence-electron chi connectivity index (χ2n) is 7.08. The number of hydrogen-bond acceptors (Lipinski definition) is 3. The third-order valence-electron chi connectivity index (χ3n) is 3.93. The van der Waals surface area contributed by atoms with Crippen molar-refractivity contribution in [1.29, 1.82) is 0 Å². The quantitative estimate of drug-likeness (QED) is 0.275. The highest BCUT2D eigenvalue weighted by atomic mass is 32.2. The number of halogens is 21. The van der Waals surface area contributed by atoms with Crippen molar-refractivity contribution in [3.05, 3.63) is 0 Å². The van der Waals surface area contributed by atoms with E-state index in [0.29, 0.717) is 0 Å². The van der Waals surface area contributed by atoms with Gasteiger partial charge < -0.3 is 9.87 Å². The molecule has 0 saturated carbocycles. The van der Waals surface area contributed by atoms with Gasteiger partial charge in [0.15, 0.2) is 0 Å². The monoisotopic (exact) mass is 659 g/mol. The molecule has 0 saturated heterocycles. The lowest BCUT2D eigenvalue weighted by Gasteiger charge is -2.44. The molecule has 0 spiro atoms. The van der Waals surface area contributed by atoms with Gasteiger partial charge in [0.25, 0.3) is 0 Å². The number of rotatable bonds is 10. The Morgan fingerprint density at radius 3 is 0.821 bits per heavy atom. The highest BCUT2D eigenvalue weighted by Gasteiger charge is 2.97. The number of hydrogen-bond donors (Lipinski definition) is 1. The van der Waals surface area contributed by atoms with Gasteiger partial charge >= 0.3 is 59.5 Å². The first-order valence-electron chi connectivity index (χ1n) is 8.52. The van der Waals surface area contributed by atoms with E-state index in [4.69, 9.17) is 0 Å². The lowest BCUT2D eigenvalue weighted by atomic mass is 9.86. The minimum atomic E-state index is -9.33. The van der Waals surface area contributed by atoms with Gasteiger partial charge in [0.2, 0.25) is 0 Å². The maximum Gasteiger partial charge on any atom is 0.460 e. The summed E-state index contributed by atoms with van der Waals surface area (Å²) in [6, 6.07) is 0. The first-order valence-corrected chi connectivity index (χ1v) is 10.1. The Morgan fingerprint density at radius 1 is 0.462 bits per heavy atom. The molecular formula is C13H10F21NO3S. The summed E-state index contributed by atoms with van der Waals surface area (Å²) in [5.41, 5.74) is 0. The molecule has 238 valence electrons. The normalized spacial score (nSPS) is 16.1. The van der Waals surface area contributed by atoms with Crippen LogP contribution in [0.15, 0.2) is 0 Å². The van der Waals surface area contributed by atoms with E-state index in [1.165, 1.54) is 0 Å². The summed E-state index contributed by atoms with van der Waals surface area (Å²) in [5, 5.41) is 2.00. The summed E-state index contributed by atoms with van der Waals surface area (Å²) < 4.78 is 302. The Bertz CT molecular complexity index is 955. The molecule has 0 aromatic heterocycles. The number of quaternary nitrogens is 1. The lowest BCUT2D eigenvalue weighted by molar-refractivity contribution is -0.597. The average Bonchev–Trinajstić information content (AvgIpc) is 2.64. The molecule has 0 aromatic rings. The third kappa shape index (κ3) is 5.91. The largest absolute Gasteiger partial charge is 0.748 e. The average molecular weight is 659 g/mol. The Labute approximate surface area is 201 Å². The van der Waals surface area contributed by atoms with Crippen LogP contribution in [0.25, 0.3) is 0 Å². The minimum absolute atomic E-state index is 2.00. The zero-order valence-corrected chi connectivity index (χ0v) is 18.7. The van der Waals surface area contributed by atoms with Gasteiger partial charge in [-0.05, 0) is 0 Å². The SMILES string of the molecule is C[NH2+]C.O=S(=O)([O-])CC(F)(F)C(F)(F)C(F)(F)C(F)(F)C(F)(F)C(F)(F)C(F)(F)C(F)(F)C(F)(F)C(F)(F)F. The Morgan fingerprint density at radius 2 is 0.641 bits per heavy atom. The Balaban J connectivity index is 0. The highest BCUT2D eigenvalue weighted by molar-refractivity contribution is 7.85. The van der Waals surface area contributed by atoms with Gasteiger partial charge in [-0.2, -0.15) is 92.2 Å². The fourth-order valence-electron chi connectivity index (χ4n) is 1.90. The van der Waals surface area contributed by atoms with Crippen LogP contribution in [0.2, 0.25) is 0 Å². The van der Waals surface area contributed by atoms with Crippen molar-refractivity contribution in [2.75, 3.05) is 19.8 Å². The predicted octanol–water partition coefficient (Wildman–Crippen LogP) is 4.62. The fourth-order valence-corrected chi connectivity index (χ4v) is 2.53. The van der Waals surface area contributed by atoms with Gasteiger partial charge in [-0.15, -0.1) is 0 Å². The molecule has 4 nitrogen and oxygen atoms in total. The zero-order chi connectivity index (χ0) is 32.9. The summed E-state index contributed by atoms with van der Waals surface area (Å²) in [7, 11) is -2.91. The number of nitrogens with two attached hydrogens (primary N) is 1. The number of alkyl halides is 21. The second-order valence-corrected chi connectivity index (χ2v) is 8.48. The van der Waals surface area contributed by atoms with Crippen molar-refractivity contribution >= 4 is 10.1 Å². The minimum Gasteiger partial charge on any atom is -0.748 e. The molecule has 0 aliphatic rings. The molecule has 0 heterocycles. The van der Waals surface area contributed by atoms with Crippen LogP contribution < -0.4 is 5.32 Å². The van der Waals surface area contributed by atoms with Gasteiger partial charge in [0.1, 0.15) is 15.9 Å². The van der Waals surface area contributed by atoms with Crippen LogP contribution in [-0.2, 0) is 10.1 Å². The summed E-state index contributed by atoms with van der Waals surface area (Å²) in [5.74, 6) is -83.6. The Kier molecular flexibility index (Phi) is 10.5. The van der Waals surface area contributed by atoms with E-state index in [9.17, 15) is 105 Å². The van der Waals surface area contributed by atoms with Gasteiger partial charge in [-0.25, -0.2) is 8.42 Å². The zero-order valence-electron chi connectivity index (χ0n) is 17.9. The first-order chi connectivity index (χ1) is 16.4. The van der Waals surface area contributed by atoms with Gasteiger partial charge in [-0.1, -0.05) is 0 Å².